The summed E-state index contributed by atoms with van der Waals surface area (Å²) in [5.41, 5.74) is 5.32. The number of rotatable bonds is 3. The molecule has 0 aliphatic heterocycles. The van der Waals surface area contributed by atoms with Crippen LogP contribution in [0.25, 0.3) is 0 Å². The normalized spacial score (nSPS) is 12.9. The summed E-state index contributed by atoms with van der Waals surface area (Å²) in [6.45, 7) is 8.38. The van der Waals surface area contributed by atoms with Gasteiger partial charge in [0.25, 0.3) is 0 Å². The lowest BCUT2D eigenvalue weighted by Gasteiger charge is -2.14. The Bertz CT molecular complexity index is 297. The SMILES string of the molecule is Cc1cc(C)c(CC(C)ON)c(C)c1. The number of aryl methyl sites for hydroxylation is 3. The predicted octanol–water partition coefficient (Wildman–Crippen LogP) is 2.43. The molecule has 1 atom stereocenters. The van der Waals surface area contributed by atoms with E-state index in [0.29, 0.717) is 0 Å². The van der Waals surface area contributed by atoms with Gasteiger partial charge in [-0.2, -0.15) is 0 Å². The number of hydrogen-bond acceptors (Lipinski definition) is 2. The van der Waals surface area contributed by atoms with Crippen molar-refractivity contribution in [2.75, 3.05) is 0 Å². The van der Waals surface area contributed by atoms with E-state index in [-0.39, 0.29) is 6.10 Å². The minimum Gasteiger partial charge on any atom is -0.301 e. The van der Waals surface area contributed by atoms with Crippen molar-refractivity contribution in [2.24, 2.45) is 5.90 Å². The first kappa shape index (κ1) is 11.2. The van der Waals surface area contributed by atoms with Crippen molar-refractivity contribution >= 4 is 0 Å². The van der Waals surface area contributed by atoms with Gasteiger partial charge in [0.1, 0.15) is 0 Å². The third-order valence-corrected chi connectivity index (χ3v) is 2.56. The lowest BCUT2D eigenvalue weighted by atomic mass is 9.96. The Balaban J connectivity index is 2.96. The highest BCUT2D eigenvalue weighted by molar-refractivity contribution is 5.37. The third-order valence-electron chi connectivity index (χ3n) is 2.56. The molecule has 0 fully saturated rings. The Hall–Kier alpha value is -0.860. The molecular formula is C12H19NO. The quantitative estimate of drug-likeness (QED) is 0.748. The van der Waals surface area contributed by atoms with Crippen LogP contribution in [0.4, 0.5) is 0 Å². The van der Waals surface area contributed by atoms with Crippen LogP contribution in [-0.2, 0) is 11.3 Å². The van der Waals surface area contributed by atoms with E-state index in [1.807, 2.05) is 6.92 Å². The third kappa shape index (κ3) is 2.56. The van der Waals surface area contributed by atoms with Gasteiger partial charge < -0.3 is 4.84 Å². The van der Waals surface area contributed by atoms with Gasteiger partial charge in [0, 0.05) is 6.42 Å². The first-order valence-corrected chi connectivity index (χ1v) is 4.97. The van der Waals surface area contributed by atoms with Gasteiger partial charge in [0.05, 0.1) is 6.10 Å². The van der Waals surface area contributed by atoms with E-state index >= 15 is 0 Å². The van der Waals surface area contributed by atoms with Crippen molar-refractivity contribution in [3.63, 3.8) is 0 Å². The average molecular weight is 193 g/mol. The maximum atomic E-state index is 5.15. The van der Waals surface area contributed by atoms with Crippen LogP contribution in [0.5, 0.6) is 0 Å². The van der Waals surface area contributed by atoms with Crippen molar-refractivity contribution in [2.45, 2.75) is 40.2 Å². The van der Waals surface area contributed by atoms with Crippen LogP contribution in [-0.4, -0.2) is 6.10 Å². The maximum Gasteiger partial charge on any atom is 0.0799 e. The average Bonchev–Trinajstić information content (AvgIpc) is 2.10. The molecular weight excluding hydrogens is 174 g/mol. The summed E-state index contributed by atoms with van der Waals surface area (Å²) < 4.78 is 0. The van der Waals surface area contributed by atoms with Gasteiger partial charge in [-0.05, 0) is 44.4 Å². The summed E-state index contributed by atoms with van der Waals surface area (Å²) in [4.78, 5) is 4.79. The van der Waals surface area contributed by atoms with Gasteiger partial charge >= 0.3 is 0 Å². The highest BCUT2D eigenvalue weighted by Crippen LogP contribution is 2.18. The molecule has 1 unspecified atom stereocenters. The summed E-state index contributed by atoms with van der Waals surface area (Å²) in [5.74, 6) is 5.15. The van der Waals surface area contributed by atoms with E-state index in [2.05, 4.69) is 32.9 Å². The van der Waals surface area contributed by atoms with Crippen molar-refractivity contribution in [1.29, 1.82) is 0 Å². The van der Waals surface area contributed by atoms with Crippen LogP contribution in [0, 0.1) is 20.8 Å². The van der Waals surface area contributed by atoms with Crippen LogP contribution in [0.15, 0.2) is 12.1 Å². The van der Waals surface area contributed by atoms with Gasteiger partial charge in [0.15, 0.2) is 0 Å². The zero-order valence-corrected chi connectivity index (χ0v) is 9.42. The molecule has 2 heteroatoms. The molecule has 1 aromatic carbocycles. The summed E-state index contributed by atoms with van der Waals surface area (Å²) in [6, 6.07) is 4.40. The molecule has 0 aliphatic rings. The number of hydrogen-bond donors (Lipinski definition) is 1. The zero-order valence-electron chi connectivity index (χ0n) is 9.42. The van der Waals surface area contributed by atoms with Crippen molar-refractivity contribution < 1.29 is 4.84 Å². The fraction of sp³-hybridized carbons (Fsp3) is 0.500. The van der Waals surface area contributed by atoms with Crippen molar-refractivity contribution in [3.05, 3.63) is 34.4 Å². The van der Waals surface area contributed by atoms with Crippen LogP contribution in [0.1, 0.15) is 29.2 Å². The molecule has 1 rings (SSSR count). The Labute approximate surface area is 86.0 Å². The number of nitrogens with two attached hydrogens (primary N) is 1. The molecule has 0 radical (unpaired) electrons. The summed E-state index contributed by atoms with van der Waals surface area (Å²) in [6.07, 6.45) is 0.962. The second kappa shape index (κ2) is 4.58. The predicted molar refractivity (Wildman–Crippen MR) is 59.1 cm³/mol. The minimum atomic E-state index is 0.0788. The molecule has 1 aromatic rings. The smallest absolute Gasteiger partial charge is 0.0799 e. The molecule has 0 heterocycles. The van der Waals surface area contributed by atoms with Crippen molar-refractivity contribution in [1.82, 2.24) is 0 Å². The summed E-state index contributed by atoms with van der Waals surface area (Å²) >= 11 is 0. The molecule has 14 heavy (non-hydrogen) atoms. The van der Waals surface area contributed by atoms with E-state index in [9.17, 15) is 0 Å². The Kier molecular flexibility index (Phi) is 3.67. The Morgan fingerprint density at radius 3 is 2.14 bits per heavy atom. The second-order valence-corrected chi connectivity index (χ2v) is 4.03. The van der Waals surface area contributed by atoms with Crippen molar-refractivity contribution in [3.8, 4) is 0 Å². The molecule has 0 aliphatic carbocycles. The molecule has 2 nitrogen and oxygen atoms in total. The van der Waals surface area contributed by atoms with Gasteiger partial charge in [-0.1, -0.05) is 17.7 Å². The Morgan fingerprint density at radius 2 is 1.71 bits per heavy atom. The van der Waals surface area contributed by atoms with Gasteiger partial charge in [0.2, 0.25) is 0 Å². The van der Waals surface area contributed by atoms with E-state index in [1.165, 1.54) is 22.3 Å². The van der Waals surface area contributed by atoms with Gasteiger partial charge in [-0.25, -0.2) is 5.90 Å². The van der Waals surface area contributed by atoms with E-state index < -0.39 is 0 Å². The molecule has 0 spiro atoms. The zero-order chi connectivity index (χ0) is 10.7. The van der Waals surface area contributed by atoms with E-state index in [1.54, 1.807) is 0 Å². The molecule has 0 saturated heterocycles. The van der Waals surface area contributed by atoms with E-state index in [4.69, 9.17) is 10.7 Å². The minimum absolute atomic E-state index is 0.0788. The fourth-order valence-electron chi connectivity index (χ4n) is 1.87. The monoisotopic (exact) mass is 193 g/mol. The lowest BCUT2D eigenvalue weighted by molar-refractivity contribution is 0.0669. The summed E-state index contributed by atoms with van der Waals surface area (Å²) in [5, 5.41) is 0. The van der Waals surface area contributed by atoms with Gasteiger partial charge in [-0.15, -0.1) is 0 Å². The molecule has 0 bridgehead atoms. The standard InChI is InChI=1S/C12H19NO/c1-8-5-9(2)12(10(3)6-8)7-11(4)14-13/h5-6,11H,7,13H2,1-4H3. The Morgan fingerprint density at radius 1 is 1.21 bits per heavy atom. The molecule has 0 aromatic heterocycles. The lowest BCUT2D eigenvalue weighted by Crippen LogP contribution is -2.17. The fourth-order valence-corrected chi connectivity index (χ4v) is 1.87. The second-order valence-electron chi connectivity index (χ2n) is 4.03. The maximum absolute atomic E-state index is 5.15. The van der Waals surface area contributed by atoms with E-state index in [0.717, 1.165) is 6.42 Å². The highest BCUT2D eigenvalue weighted by atomic mass is 16.6. The van der Waals surface area contributed by atoms with Crippen LogP contribution in [0.3, 0.4) is 0 Å². The largest absolute Gasteiger partial charge is 0.301 e. The first-order chi connectivity index (χ1) is 6.54. The van der Waals surface area contributed by atoms with Crippen LogP contribution in [0.2, 0.25) is 0 Å². The highest BCUT2D eigenvalue weighted by Gasteiger charge is 2.08. The molecule has 0 saturated carbocycles. The topological polar surface area (TPSA) is 35.2 Å². The van der Waals surface area contributed by atoms with Crippen LogP contribution < -0.4 is 5.90 Å². The first-order valence-electron chi connectivity index (χ1n) is 4.97. The molecule has 0 amide bonds. The van der Waals surface area contributed by atoms with Gasteiger partial charge in [-0.3, -0.25) is 0 Å². The molecule has 78 valence electrons. The number of benzene rings is 1. The molecule has 2 N–H and O–H groups in total. The van der Waals surface area contributed by atoms with Crippen LogP contribution >= 0.6 is 0 Å². The summed E-state index contributed by atoms with van der Waals surface area (Å²) in [7, 11) is 0.